The molecule has 18 nitrogen and oxygen atoms in total. The van der Waals surface area contributed by atoms with Crippen LogP contribution in [0.2, 0.25) is 0 Å². The van der Waals surface area contributed by atoms with Crippen LogP contribution in [0, 0.1) is 0 Å². The number of Topliss-reactive ketones (excluding diaryl/α,β-unsaturated/α-hetero) is 1. The predicted octanol–water partition coefficient (Wildman–Crippen LogP) is 2.06. The average molecular weight is 760 g/mol. The SMILES string of the molecule is COCCOCCOC(=O)NCCCCC(NC(=O)OCCOCCOC)C(=O)CN1C(=O)CC(SCCCCCCOP(=O)(O)OC)C1=O. The highest BCUT2D eigenvalue weighted by molar-refractivity contribution is 8.00. The lowest BCUT2D eigenvalue weighted by Gasteiger charge is -2.21. The molecule has 3 unspecified atom stereocenters. The number of hydrogen-bond donors (Lipinski definition) is 3. The molecule has 0 aromatic carbocycles. The van der Waals surface area contributed by atoms with Gasteiger partial charge in [-0.1, -0.05) is 12.8 Å². The molecule has 50 heavy (non-hydrogen) atoms. The number of nitrogens with one attached hydrogen (secondary N) is 2. The van der Waals surface area contributed by atoms with E-state index in [-0.39, 0.29) is 52.4 Å². The fourth-order valence-corrected chi connectivity index (χ4v) is 5.97. The Morgan fingerprint density at radius 2 is 1.46 bits per heavy atom. The van der Waals surface area contributed by atoms with Crippen molar-refractivity contribution in [3.63, 3.8) is 0 Å². The number of carbonyl (C=O) groups excluding carboxylic acids is 5. The van der Waals surface area contributed by atoms with E-state index in [2.05, 4.69) is 15.2 Å². The highest BCUT2D eigenvalue weighted by Gasteiger charge is 2.40. The third-order valence-electron chi connectivity index (χ3n) is 7.01. The Hall–Kier alpha value is -2.35. The standard InChI is InChI=1S/C30H54N3O15PS/c1-41-13-15-44-17-19-46-29(37)31-11-7-6-10-24(32-30(38)47-20-18-45-16-14-42-2)25(34)23-33-27(35)22-26(28(33)36)50-21-9-5-4-8-12-48-49(39,40)43-3/h24,26H,4-23H2,1-3H3,(H,31,37)(H,32,38)(H,39,40). The number of phosphoric ester groups is 1. The number of amides is 4. The second-order valence-corrected chi connectivity index (χ2v) is 13.7. The first-order chi connectivity index (χ1) is 24.0. The number of nitrogens with zero attached hydrogens (tertiary/aromatic N) is 1. The van der Waals surface area contributed by atoms with E-state index < -0.39 is 55.4 Å². The van der Waals surface area contributed by atoms with Crippen molar-refractivity contribution in [3.05, 3.63) is 0 Å². The number of rotatable bonds is 31. The molecule has 0 spiro atoms. The molecule has 1 aliphatic heterocycles. The normalized spacial score (nSPS) is 16.2. The number of alkyl carbamates (subject to hydrolysis) is 2. The van der Waals surface area contributed by atoms with Crippen molar-refractivity contribution in [1.82, 2.24) is 15.5 Å². The number of thioether (sulfide) groups is 1. The van der Waals surface area contributed by atoms with Crippen LogP contribution in [0.5, 0.6) is 0 Å². The Bertz CT molecular complexity index is 1060. The van der Waals surface area contributed by atoms with E-state index in [1.54, 1.807) is 7.11 Å². The van der Waals surface area contributed by atoms with Crippen LogP contribution in [0.1, 0.15) is 51.4 Å². The molecule has 3 atom stereocenters. The van der Waals surface area contributed by atoms with Crippen LogP contribution in [-0.4, -0.2) is 151 Å². The highest BCUT2D eigenvalue weighted by Crippen LogP contribution is 2.42. The minimum atomic E-state index is -3.98. The summed E-state index contributed by atoms with van der Waals surface area (Å²) in [7, 11) is 0.198. The molecule has 1 fully saturated rings. The molecule has 0 aliphatic carbocycles. The summed E-state index contributed by atoms with van der Waals surface area (Å²) in [6, 6.07) is -1.05. The number of phosphoric acid groups is 1. The number of likely N-dealkylation sites (tertiary alicyclic amines) is 1. The van der Waals surface area contributed by atoms with E-state index in [0.29, 0.717) is 51.4 Å². The third kappa shape index (κ3) is 21.8. The Morgan fingerprint density at radius 3 is 2.10 bits per heavy atom. The van der Waals surface area contributed by atoms with E-state index >= 15 is 0 Å². The summed E-state index contributed by atoms with van der Waals surface area (Å²) in [4.78, 5) is 73.6. The van der Waals surface area contributed by atoms with Gasteiger partial charge in [-0.05, 0) is 37.9 Å². The molecule has 0 bridgehead atoms. The van der Waals surface area contributed by atoms with Gasteiger partial charge < -0.3 is 43.9 Å². The Morgan fingerprint density at radius 1 is 0.840 bits per heavy atom. The molecule has 1 rings (SSSR count). The van der Waals surface area contributed by atoms with Crippen molar-refractivity contribution in [2.75, 3.05) is 99.6 Å². The Kier molecular flexibility index (Phi) is 25.8. The molecule has 0 aromatic rings. The average Bonchev–Trinajstić information content (AvgIpc) is 3.35. The molecule has 1 heterocycles. The molecule has 0 radical (unpaired) electrons. The van der Waals surface area contributed by atoms with Crippen LogP contribution in [0.25, 0.3) is 0 Å². The zero-order chi connectivity index (χ0) is 37.0. The maximum Gasteiger partial charge on any atom is 0.471 e. The smallest absolute Gasteiger partial charge is 0.447 e. The Labute approximate surface area is 297 Å². The van der Waals surface area contributed by atoms with Gasteiger partial charge in [0, 0.05) is 34.3 Å². The van der Waals surface area contributed by atoms with E-state index in [0.717, 1.165) is 31.3 Å². The van der Waals surface area contributed by atoms with Crippen molar-refractivity contribution >= 4 is 49.4 Å². The summed E-state index contributed by atoms with van der Waals surface area (Å²) >= 11 is 1.34. The summed E-state index contributed by atoms with van der Waals surface area (Å²) in [5.41, 5.74) is 0. The molecule has 0 aromatic heterocycles. The molecule has 0 saturated carbocycles. The fourth-order valence-electron chi connectivity index (χ4n) is 4.32. The fraction of sp³-hybridized carbons (Fsp3) is 0.833. The largest absolute Gasteiger partial charge is 0.471 e. The van der Waals surface area contributed by atoms with Gasteiger partial charge in [0.1, 0.15) is 13.2 Å². The van der Waals surface area contributed by atoms with E-state index in [1.165, 1.54) is 18.9 Å². The summed E-state index contributed by atoms with van der Waals surface area (Å²) < 4.78 is 50.8. The van der Waals surface area contributed by atoms with Crippen LogP contribution >= 0.6 is 19.6 Å². The highest BCUT2D eigenvalue weighted by atomic mass is 32.2. The molecule has 20 heteroatoms. The number of hydrogen-bond acceptors (Lipinski definition) is 15. The topological polar surface area (TPSA) is 224 Å². The number of ether oxygens (including phenoxy) is 6. The maximum atomic E-state index is 13.3. The van der Waals surface area contributed by atoms with Crippen molar-refractivity contribution in [1.29, 1.82) is 0 Å². The number of carbonyl (C=O) groups is 5. The first-order valence-corrected chi connectivity index (χ1v) is 19.1. The first kappa shape index (κ1) is 45.7. The minimum Gasteiger partial charge on any atom is -0.447 e. The van der Waals surface area contributed by atoms with Gasteiger partial charge in [0.15, 0.2) is 5.78 Å². The predicted molar refractivity (Wildman–Crippen MR) is 181 cm³/mol. The number of unbranched alkanes of at least 4 members (excludes halogenated alkanes) is 4. The van der Waals surface area contributed by atoms with Gasteiger partial charge in [-0.3, -0.25) is 28.3 Å². The molecule has 4 amide bonds. The third-order valence-corrected chi connectivity index (χ3v) is 9.28. The van der Waals surface area contributed by atoms with E-state index in [1.807, 2.05) is 0 Å². The van der Waals surface area contributed by atoms with Crippen molar-refractivity contribution in [2.45, 2.75) is 62.7 Å². The number of methoxy groups -OCH3 is 2. The van der Waals surface area contributed by atoms with Crippen LogP contribution in [0.15, 0.2) is 0 Å². The van der Waals surface area contributed by atoms with E-state index in [9.17, 15) is 33.4 Å². The van der Waals surface area contributed by atoms with Gasteiger partial charge in [-0.25, -0.2) is 14.2 Å². The minimum absolute atomic E-state index is 0.0301. The lowest BCUT2D eigenvalue weighted by molar-refractivity contribution is -0.142. The van der Waals surface area contributed by atoms with Gasteiger partial charge in [-0.2, -0.15) is 0 Å². The summed E-state index contributed by atoms with van der Waals surface area (Å²) in [5, 5.41) is 4.52. The maximum absolute atomic E-state index is 13.3. The zero-order valence-electron chi connectivity index (χ0n) is 29.3. The van der Waals surface area contributed by atoms with E-state index in [4.69, 9.17) is 32.9 Å². The molecular formula is C30H54N3O15PS. The van der Waals surface area contributed by atoms with Crippen LogP contribution in [-0.2, 0) is 56.4 Å². The lowest BCUT2D eigenvalue weighted by Crippen LogP contribution is -2.47. The molecular weight excluding hydrogens is 705 g/mol. The van der Waals surface area contributed by atoms with Gasteiger partial charge in [0.25, 0.3) is 0 Å². The van der Waals surface area contributed by atoms with Gasteiger partial charge in [0.05, 0.1) is 64.1 Å². The summed E-state index contributed by atoms with van der Waals surface area (Å²) in [5.74, 6) is -0.848. The number of ketones is 1. The Balaban J connectivity index is 2.54. The zero-order valence-corrected chi connectivity index (χ0v) is 31.0. The lowest BCUT2D eigenvalue weighted by atomic mass is 10.0. The summed E-state index contributed by atoms with van der Waals surface area (Å²) in [6.45, 7) is 1.75. The molecule has 290 valence electrons. The van der Waals surface area contributed by atoms with Crippen molar-refractivity contribution in [2.24, 2.45) is 0 Å². The van der Waals surface area contributed by atoms with Crippen LogP contribution in [0.4, 0.5) is 9.59 Å². The van der Waals surface area contributed by atoms with Gasteiger partial charge in [0.2, 0.25) is 11.8 Å². The van der Waals surface area contributed by atoms with Crippen molar-refractivity contribution < 1.29 is 70.9 Å². The van der Waals surface area contributed by atoms with Gasteiger partial charge >= 0.3 is 20.0 Å². The first-order valence-electron chi connectivity index (χ1n) is 16.5. The quantitative estimate of drug-likeness (QED) is 0.0523. The van der Waals surface area contributed by atoms with Crippen LogP contribution < -0.4 is 10.6 Å². The molecule has 1 aliphatic rings. The molecule has 3 N–H and O–H groups in total. The summed E-state index contributed by atoms with van der Waals surface area (Å²) in [6.07, 6.45) is 2.39. The van der Waals surface area contributed by atoms with Crippen molar-refractivity contribution in [3.8, 4) is 0 Å². The number of imide groups is 1. The monoisotopic (exact) mass is 759 g/mol. The molecule has 1 saturated heterocycles. The second-order valence-electron chi connectivity index (χ2n) is 10.8. The van der Waals surface area contributed by atoms with Gasteiger partial charge in [-0.15, -0.1) is 11.8 Å². The second kappa shape index (κ2) is 28.3. The van der Waals surface area contributed by atoms with Crippen LogP contribution in [0.3, 0.4) is 0 Å².